The van der Waals surface area contributed by atoms with Gasteiger partial charge < -0.3 is 9.84 Å². The standard InChI is InChI=1S/C18H14N2O4/c1-24-16-8-4-12(5-9-16)17-14(11-21)10-20(19-17)15-6-2-13(3-7-15)18(22)23/h2-11H,1H3,(H,22,23). The molecule has 24 heavy (non-hydrogen) atoms. The van der Waals surface area contributed by atoms with Gasteiger partial charge in [-0.2, -0.15) is 5.10 Å². The van der Waals surface area contributed by atoms with Gasteiger partial charge in [-0.05, 0) is 48.5 Å². The third kappa shape index (κ3) is 2.89. The first-order valence-corrected chi connectivity index (χ1v) is 7.15. The first-order chi connectivity index (χ1) is 11.6. The van der Waals surface area contributed by atoms with Gasteiger partial charge in [0.2, 0.25) is 0 Å². The molecule has 0 spiro atoms. The van der Waals surface area contributed by atoms with Gasteiger partial charge in [0.25, 0.3) is 0 Å². The van der Waals surface area contributed by atoms with E-state index < -0.39 is 5.97 Å². The minimum Gasteiger partial charge on any atom is -0.497 e. The molecule has 0 saturated carbocycles. The van der Waals surface area contributed by atoms with Crippen molar-refractivity contribution in [2.45, 2.75) is 0 Å². The zero-order chi connectivity index (χ0) is 17.1. The van der Waals surface area contributed by atoms with Crippen molar-refractivity contribution in [3.63, 3.8) is 0 Å². The lowest BCUT2D eigenvalue weighted by atomic mass is 10.1. The number of carbonyl (C=O) groups is 2. The van der Waals surface area contributed by atoms with Gasteiger partial charge in [0.1, 0.15) is 11.4 Å². The van der Waals surface area contributed by atoms with Gasteiger partial charge in [0, 0.05) is 11.8 Å². The molecule has 0 fully saturated rings. The number of carbonyl (C=O) groups excluding carboxylic acids is 1. The van der Waals surface area contributed by atoms with Crippen LogP contribution in [0.2, 0.25) is 0 Å². The number of carboxylic acids is 1. The third-order valence-electron chi connectivity index (χ3n) is 3.61. The highest BCUT2D eigenvalue weighted by atomic mass is 16.5. The Balaban J connectivity index is 2.00. The Kier molecular flexibility index (Phi) is 4.11. The second-order valence-electron chi connectivity index (χ2n) is 5.08. The van der Waals surface area contributed by atoms with Crippen LogP contribution in [-0.2, 0) is 0 Å². The fraction of sp³-hybridized carbons (Fsp3) is 0.0556. The minimum atomic E-state index is -0.991. The number of aromatic nitrogens is 2. The number of carboxylic acid groups (broad SMARTS) is 1. The maximum atomic E-state index is 11.4. The van der Waals surface area contributed by atoms with E-state index >= 15 is 0 Å². The van der Waals surface area contributed by atoms with Gasteiger partial charge in [-0.1, -0.05) is 0 Å². The molecule has 0 atom stereocenters. The SMILES string of the molecule is COc1ccc(-c2nn(-c3ccc(C(=O)O)cc3)cc2C=O)cc1. The van der Waals surface area contributed by atoms with Gasteiger partial charge in [-0.25, -0.2) is 9.48 Å². The average molecular weight is 322 g/mol. The molecular weight excluding hydrogens is 308 g/mol. The molecule has 0 bridgehead atoms. The number of aldehydes is 1. The summed E-state index contributed by atoms with van der Waals surface area (Å²) < 4.78 is 6.67. The summed E-state index contributed by atoms with van der Waals surface area (Å²) in [6, 6.07) is 13.5. The van der Waals surface area contributed by atoms with Crippen LogP contribution in [-0.4, -0.2) is 34.3 Å². The largest absolute Gasteiger partial charge is 0.497 e. The van der Waals surface area contributed by atoms with Crippen LogP contribution in [0.15, 0.2) is 54.7 Å². The number of aromatic carboxylic acids is 1. The zero-order valence-electron chi connectivity index (χ0n) is 12.8. The van der Waals surface area contributed by atoms with Crippen LogP contribution in [0.4, 0.5) is 0 Å². The monoisotopic (exact) mass is 322 g/mol. The number of ether oxygens (including phenoxy) is 1. The Morgan fingerprint density at radius 3 is 2.33 bits per heavy atom. The smallest absolute Gasteiger partial charge is 0.335 e. The molecule has 0 radical (unpaired) electrons. The minimum absolute atomic E-state index is 0.192. The van der Waals surface area contributed by atoms with E-state index in [-0.39, 0.29) is 5.56 Å². The highest BCUT2D eigenvalue weighted by Gasteiger charge is 2.12. The highest BCUT2D eigenvalue weighted by Crippen LogP contribution is 2.25. The molecule has 0 aliphatic rings. The molecule has 1 heterocycles. The summed E-state index contributed by atoms with van der Waals surface area (Å²) in [6.45, 7) is 0. The maximum absolute atomic E-state index is 11.4. The second-order valence-corrected chi connectivity index (χ2v) is 5.08. The highest BCUT2D eigenvalue weighted by molar-refractivity contribution is 5.88. The molecule has 0 unspecified atom stereocenters. The lowest BCUT2D eigenvalue weighted by Crippen LogP contribution is -1.98. The predicted octanol–water partition coefficient (Wildman–Crippen LogP) is 3.06. The van der Waals surface area contributed by atoms with E-state index in [0.29, 0.717) is 16.9 Å². The Morgan fingerprint density at radius 1 is 1.12 bits per heavy atom. The molecule has 1 aromatic heterocycles. The van der Waals surface area contributed by atoms with Crippen molar-refractivity contribution < 1.29 is 19.4 Å². The van der Waals surface area contributed by atoms with Crippen molar-refractivity contribution in [1.29, 1.82) is 0 Å². The van der Waals surface area contributed by atoms with Crippen molar-refractivity contribution in [3.8, 4) is 22.7 Å². The third-order valence-corrected chi connectivity index (χ3v) is 3.61. The van der Waals surface area contributed by atoms with Gasteiger partial charge in [-0.15, -0.1) is 0 Å². The first-order valence-electron chi connectivity index (χ1n) is 7.15. The van der Waals surface area contributed by atoms with E-state index in [1.54, 1.807) is 42.3 Å². The summed E-state index contributed by atoms with van der Waals surface area (Å²) in [7, 11) is 1.58. The lowest BCUT2D eigenvalue weighted by molar-refractivity contribution is 0.0696. The number of rotatable bonds is 5. The molecule has 120 valence electrons. The van der Waals surface area contributed by atoms with Gasteiger partial charge >= 0.3 is 5.97 Å². The number of methoxy groups -OCH3 is 1. The van der Waals surface area contributed by atoms with Gasteiger partial charge in [-0.3, -0.25) is 4.79 Å². The van der Waals surface area contributed by atoms with Crippen molar-refractivity contribution in [3.05, 3.63) is 65.9 Å². The zero-order valence-corrected chi connectivity index (χ0v) is 12.8. The van der Waals surface area contributed by atoms with E-state index in [1.165, 1.54) is 12.1 Å². The molecule has 3 aromatic rings. The molecule has 0 aliphatic heterocycles. The fourth-order valence-corrected chi connectivity index (χ4v) is 2.34. The van der Waals surface area contributed by atoms with Crippen LogP contribution in [0.3, 0.4) is 0 Å². The first kappa shape index (κ1) is 15.5. The normalized spacial score (nSPS) is 10.4. The van der Waals surface area contributed by atoms with E-state index in [1.807, 2.05) is 12.1 Å². The summed E-state index contributed by atoms with van der Waals surface area (Å²) in [5, 5.41) is 13.4. The van der Waals surface area contributed by atoms with E-state index in [0.717, 1.165) is 17.6 Å². The Labute approximate surface area is 137 Å². The molecule has 0 aliphatic carbocycles. The van der Waals surface area contributed by atoms with Gasteiger partial charge in [0.15, 0.2) is 6.29 Å². The van der Waals surface area contributed by atoms with Crippen molar-refractivity contribution in [2.75, 3.05) is 7.11 Å². The average Bonchev–Trinajstić information content (AvgIpc) is 3.06. The summed E-state index contributed by atoms with van der Waals surface area (Å²) >= 11 is 0. The molecule has 3 rings (SSSR count). The number of benzene rings is 2. The quantitative estimate of drug-likeness (QED) is 0.730. The number of nitrogens with zero attached hydrogens (tertiary/aromatic N) is 2. The number of hydrogen-bond donors (Lipinski definition) is 1. The van der Waals surface area contributed by atoms with E-state index in [2.05, 4.69) is 5.10 Å². The predicted molar refractivity (Wildman–Crippen MR) is 87.9 cm³/mol. The molecule has 0 amide bonds. The van der Waals surface area contributed by atoms with E-state index in [9.17, 15) is 9.59 Å². The summed E-state index contributed by atoms with van der Waals surface area (Å²) in [5.74, 6) is -0.274. The Bertz CT molecular complexity index is 880. The molecule has 0 saturated heterocycles. The van der Waals surface area contributed by atoms with Crippen molar-refractivity contribution in [1.82, 2.24) is 9.78 Å². The summed E-state index contributed by atoms with van der Waals surface area (Å²) in [5.41, 5.74) is 2.65. The second kappa shape index (κ2) is 6.37. The topological polar surface area (TPSA) is 81.4 Å². The van der Waals surface area contributed by atoms with Crippen LogP contribution in [0.1, 0.15) is 20.7 Å². The molecule has 2 aromatic carbocycles. The molecular formula is C18H14N2O4. The van der Waals surface area contributed by atoms with Gasteiger partial charge in [0.05, 0.1) is 23.9 Å². The molecule has 1 N–H and O–H groups in total. The van der Waals surface area contributed by atoms with Crippen LogP contribution < -0.4 is 4.74 Å². The Hall–Kier alpha value is -3.41. The Morgan fingerprint density at radius 2 is 1.79 bits per heavy atom. The summed E-state index contributed by atoms with van der Waals surface area (Å²) in [4.78, 5) is 22.3. The molecule has 6 heteroatoms. The van der Waals surface area contributed by atoms with Crippen LogP contribution in [0.25, 0.3) is 16.9 Å². The lowest BCUT2D eigenvalue weighted by Gasteiger charge is -2.03. The van der Waals surface area contributed by atoms with Crippen molar-refractivity contribution >= 4 is 12.3 Å². The fourth-order valence-electron chi connectivity index (χ4n) is 2.34. The number of hydrogen-bond acceptors (Lipinski definition) is 4. The molecule has 6 nitrogen and oxygen atoms in total. The maximum Gasteiger partial charge on any atom is 0.335 e. The van der Waals surface area contributed by atoms with Crippen LogP contribution in [0, 0.1) is 0 Å². The van der Waals surface area contributed by atoms with Crippen LogP contribution >= 0.6 is 0 Å². The summed E-state index contributed by atoms with van der Waals surface area (Å²) in [6.07, 6.45) is 2.36. The van der Waals surface area contributed by atoms with E-state index in [4.69, 9.17) is 9.84 Å². The van der Waals surface area contributed by atoms with Crippen molar-refractivity contribution in [2.24, 2.45) is 0 Å². The van der Waals surface area contributed by atoms with Crippen LogP contribution in [0.5, 0.6) is 5.75 Å².